The van der Waals surface area contributed by atoms with Crippen molar-refractivity contribution in [2.24, 2.45) is 12.8 Å². The standard InChI is InChI=1S/C21H30N2O2/c1-16-7-9-17(10-8-16)5-4-6-20(25)19-12-11-18(23(19)3)13-14-21(2,22)15-24/h7-12,24H,4-6,13-15,22H2,1-3H3. The Hall–Kier alpha value is -1.91. The molecule has 1 unspecified atom stereocenters. The molecule has 2 aromatic rings. The maximum atomic E-state index is 12.5. The van der Waals surface area contributed by atoms with Gasteiger partial charge in [0.15, 0.2) is 5.78 Å². The number of rotatable bonds is 9. The van der Waals surface area contributed by atoms with Crippen LogP contribution in [0.1, 0.15) is 53.5 Å². The minimum Gasteiger partial charge on any atom is -0.394 e. The van der Waals surface area contributed by atoms with Crippen LogP contribution in [0.4, 0.5) is 0 Å². The molecule has 3 N–H and O–H groups in total. The number of aryl methyl sites for hydroxylation is 3. The van der Waals surface area contributed by atoms with Crippen molar-refractivity contribution in [3.05, 3.63) is 58.9 Å². The van der Waals surface area contributed by atoms with E-state index in [4.69, 9.17) is 5.73 Å². The lowest BCUT2D eigenvalue weighted by Gasteiger charge is -2.21. The number of aliphatic hydroxyl groups is 1. The Bertz CT molecular complexity index is 699. The predicted octanol–water partition coefficient (Wildman–Crippen LogP) is 3.18. The Morgan fingerprint density at radius 3 is 2.48 bits per heavy atom. The second-order valence-electron chi connectivity index (χ2n) is 7.34. The van der Waals surface area contributed by atoms with Gasteiger partial charge in [-0.15, -0.1) is 0 Å². The summed E-state index contributed by atoms with van der Waals surface area (Å²) in [5.74, 6) is 0.179. The molecular weight excluding hydrogens is 312 g/mol. The highest BCUT2D eigenvalue weighted by molar-refractivity contribution is 5.94. The van der Waals surface area contributed by atoms with Gasteiger partial charge in [0.05, 0.1) is 12.3 Å². The highest BCUT2D eigenvalue weighted by atomic mass is 16.3. The predicted molar refractivity (Wildman–Crippen MR) is 102 cm³/mol. The molecule has 1 aromatic carbocycles. The number of hydrogen-bond donors (Lipinski definition) is 2. The summed E-state index contributed by atoms with van der Waals surface area (Å²) >= 11 is 0. The lowest BCUT2D eigenvalue weighted by atomic mass is 9.97. The number of nitrogens with two attached hydrogens (primary N) is 1. The van der Waals surface area contributed by atoms with Crippen LogP contribution in [0.3, 0.4) is 0 Å². The smallest absolute Gasteiger partial charge is 0.179 e. The van der Waals surface area contributed by atoms with E-state index in [2.05, 4.69) is 31.2 Å². The fourth-order valence-corrected chi connectivity index (χ4v) is 2.91. The molecule has 4 nitrogen and oxygen atoms in total. The molecule has 0 saturated heterocycles. The minimum absolute atomic E-state index is 0.0395. The lowest BCUT2D eigenvalue weighted by Crippen LogP contribution is -2.40. The molecule has 0 aliphatic heterocycles. The quantitative estimate of drug-likeness (QED) is 0.688. The molecule has 25 heavy (non-hydrogen) atoms. The Labute approximate surface area is 150 Å². The first-order chi connectivity index (χ1) is 11.8. The summed E-state index contributed by atoms with van der Waals surface area (Å²) < 4.78 is 1.96. The van der Waals surface area contributed by atoms with Gasteiger partial charge >= 0.3 is 0 Å². The second kappa shape index (κ2) is 8.45. The third-order valence-corrected chi connectivity index (χ3v) is 4.81. The van der Waals surface area contributed by atoms with Gasteiger partial charge in [-0.25, -0.2) is 0 Å². The van der Waals surface area contributed by atoms with E-state index in [0.717, 1.165) is 30.7 Å². The molecule has 0 saturated carbocycles. The van der Waals surface area contributed by atoms with E-state index < -0.39 is 5.54 Å². The molecule has 0 aliphatic carbocycles. The monoisotopic (exact) mass is 342 g/mol. The Kier molecular flexibility index (Phi) is 6.57. The number of benzene rings is 1. The molecule has 4 heteroatoms. The highest BCUT2D eigenvalue weighted by Crippen LogP contribution is 2.16. The normalized spacial score (nSPS) is 13.6. The van der Waals surface area contributed by atoms with Crippen molar-refractivity contribution < 1.29 is 9.90 Å². The summed E-state index contributed by atoms with van der Waals surface area (Å²) in [4.78, 5) is 12.5. The van der Waals surface area contributed by atoms with Crippen LogP contribution in [-0.4, -0.2) is 27.6 Å². The van der Waals surface area contributed by atoms with Gasteiger partial charge in [0.2, 0.25) is 0 Å². The largest absolute Gasteiger partial charge is 0.394 e. The SMILES string of the molecule is Cc1ccc(CCCC(=O)c2ccc(CCC(C)(N)CO)n2C)cc1. The van der Waals surface area contributed by atoms with E-state index in [0.29, 0.717) is 12.8 Å². The van der Waals surface area contributed by atoms with Crippen LogP contribution in [0.2, 0.25) is 0 Å². The van der Waals surface area contributed by atoms with Gasteiger partial charge in [0, 0.05) is 24.7 Å². The molecule has 2 rings (SSSR count). The van der Waals surface area contributed by atoms with Crippen molar-refractivity contribution in [1.82, 2.24) is 4.57 Å². The molecule has 0 spiro atoms. The zero-order valence-electron chi connectivity index (χ0n) is 15.6. The maximum Gasteiger partial charge on any atom is 0.179 e. The second-order valence-corrected chi connectivity index (χ2v) is 7.34. The van der Waals surface area contributed by atoms with E-state index in [1.54, 1.807) is 0 Å². The number of hydrogen-bond acceptors (Lipinski definition) is 3. The van der Waals surface area contributed by atoms with Gasteiger partial charge in [0.1, 0.15) is 0 Å². The van der Waals surface area contributed by atoms with Gasteiger partial charge in [-0.05, 0) is 57.2 Å². The van der Waals surface area contributed by atoms with Crippen LogP contribution in [0.25, 0.3) is 0 Å². The topological polar surface area (TPSA) is 68.2 Å². The van der Waals surface area contributed by atoms with Crippen molar-refractivity contribution in [2.75, 3.05) is 6.61 Å². The van der Waals surface area contributed by atoms with Crippen molar-refractivity contribution >= 4 is 5.78 Å². The summed E-state index contributed by atoms with van der Waals surface area (Å²) in [6.07, 6.45) is 3.76. The molecule has 0 amide bonds. The van der Waals surface area contributed by atoms with E-state index in [1.165, 1.54) is 11.1 Å². The van der Waals surface area contributed by atoms with Gasteiger partial charge < -0.3 is 15.4 Å². The Morgan fingerprint density at radius 1 is 1.16 bits per heavy atom. The number of aromatic nitrogens is 1. The number of Topliss-reactive ketones (excluding diaryl/α,β-unsaturated/α-hetero) is 1. The van der Waals surface area contributed by atoms with Gasteiger partial charge in [0.25, 0.3) is 0 Å². The van der Waals surface area contributed by atoms with Crippen LogP contribution in [0.5, 0.6) is 0 Å². The zero-order chi connectivity index (χ0) is 18.4. The van der Waals surface area contributed by atoms with E-state index in [1.807, 2.05) is 30.7 Å². The molecule has 0 fully saturated rings. The maximum absolute atomic E-state index is 12.5. The highest BCUT2D eigenvalue weighted by Gasteiger charge is 2.19. The van der Waals surface area contributed by atoms with Gasteiger partial charge in [-0.3, -0.25) is 4.79 Å². The summed E-state index contributed by atoms with van der Waals surface area (Å²) in [7, 11) is 1.93. The van der Waals surface area contributed by atoms with Crippen molar-refractivity contribution in [3.63, 3.8) is 0 Å². The Balaban J connectivity index is 1.88. The number of ketones is 1. The Morgan fingerprint density at radius 2 is 1.84 bits per heavy atom. The summed E-state index contributed by atoms with van der Waals surface area (Å²) in [6.45, 7) is 3.88. The van der Waals surface area contributed by atoms with Gasteiger partial charge in [-0.1, -0.05) is 29.8 Å². The third-order valence-electron chi connectivity index (χ3n) is 4.81. The fourth-order valence-electron chi connectivity index (χ4n) is 2.91. The molecule has 136 valence electrons. The van der Waals surface area contributed by atoms with Crippen molar-refractivity contribution in [2.45, 2.75) is 51.5 Å². The third kappa shape index (κ3) is 5.55. The number of aliphatic hydroxyl groups excluding tert-OH is 1. The van der Waals surface area contributed by atoms with Crippen molar-refractivity contribution in [1.29, 1.82) is 0 Å². The first-order valence-corrected chi connectivity index (χ1v) is 8.95. The van der Waals surface area contributed by atoms with Crippen LogP contribution < -0.4 is 5.73 Å². The minimum atomic E-state index is -0.581. The van der Waals surface area contributed by atoms with Crippen molar-refractivity contribution in [3.8, 4) is 0 Å². The van der Waals surface area contributed by atoms with Gasteiger partial charge in [-0.2, -0.15) is 0 Å². The molecule has 0 radical (unpaired) electrons. The summed E-state index contributed by atoms with van der Waals surface area (Å²) in [6, 6.07) is 12.4. The average molecular weight is 342 g/mol. The van der Waals surface area contributed by atoms with E-state index in [-0.39, 0.29) is 12.4 Å². The van der Waals surface area contributed by atoms with Crippen LogP contribution in [-0.2, 0) is 19.9 Å². The lowest BCUT2D eigenvalue weighted by molar-refractivity contribution is 0.0972. The molecule has 1 aromatic heterocycles. The fraction of sp³-hybridized carbons (Fsp3) is 0.476. The molecular formula is C21H30N2O2. The summed E-state index contributed by atoms with van der Waals surface area (Å²) in [5, 5.41) is 9.26. The first kappa shape index (κ1) is 19.4. The molecule has 1 heterocycles. The molecule has 1 atom stereocenters. The number of carbonyl (C=O) groups is 1. The zero-order valence-corrected chi connectivity index (χ0v) is 15.6. The first-order valence-electron chi connectivity index (χ1n) is 8.95. The summed E-state index contributed by atoms with van der Waals surface area (Å²) in [5.41, 5.74) is 9.76. The number of carbonyl (C=O) groups excluding carboxylic acids is 1. The molecule has 0 aliphatic rings. The van der Waals surface area contributed by atoms with E-state index in [9.17, 15) is 9.90 Å². The molecule has 0 bridgehead atoms. The van der Waals surface area contributed by atoms with Crippen LogP contribution >= 0.6 is 0 Å². The van der Waals surface area contributed by atoms with Crippen LogP contribution in [0, 0.1) is 6.92 Å². The average Bonchev–Trinajstić information content (AvgIpc) is 2.96. The number of nitrogens with zero attached hydrogens (tertiary/aromatic N) is 1. The van der Waals surface area contributed by atoms with Crippen LogP contribution in [0.15, 0.2) is 36.4 Å². The van der Waals surface area contributed by atoms with E-state index >= 15 is 0 Å².